The van der Waals surface area contributed by atoms with Gasteiger partial charge in [0.1, 0.15) is 17.8 Å². The number of likely N-dealkylation sites (tertiary alicyclic amines) is 1. The van der Waals surface area contributed by atoms with Crippen LogP contribution in [0.1, 0.15) is 79.7 Å². The largest absolute Gasteiger partial charge is 0.496 e. The van der Waals surface area contributed by atoms with Crippen molar-refractivity contribution in [3.05, 3.63) is 29.8 Å². The van der Waals surface area contributed by atoms with Gasteiger partial charge in [0, 0.05) is 34.2 Å². The van der Waals surface area contributed by atoms with E-state index in [1.807, 2.05) is 41.5 Å². The van der Waals surface area contributed by atoms with Crippen molar-refractivity contribution in [2.75, 3.05) is 42.0 Å². The maximum Gasteiger partial charge on any atom is 0.326 e. The van der Waals surface area contributed by atoms with E-state index in [0.717, 1.165) is 0 Å². The van der Waals surface area contributed by atoms with Crippen LogP contribution in [0.5, 0.6) is 5.75 Å². The van der Waals surface area contributed by atoms with Gasteiger partial charge in [-0.05, 0) is 49.3 Å². The minimum absolute atomic E-state index is 0.0165. The molecule has 4 amide bonds. The molecule has 0 spiro atoms. The third-order valence-electron chi connectivity index (χ3n) is 11.0. The topological polar surface area (TPSA) is 176 Å². The molecule has 1 saturated heterocycles. The molecule has 54 heavy (non-hydrogen) atoms. The van der Waals surface area contributed by atoms with E-state index in [1.54, 1.807) is 55.1 Å². The molecule has 1 aliphatic heterocycles. The molecule has 4 N–H and O–H groups in total. The van der Waals surface area contributed by atoms with Crippen LogP contribution in [0.4, 0.5) is 0 Å². The number of amides is 4. The zero-order valence-electron chi connectivity index (χ0n) is 34.5. The van der Waals surface area contributed by atoms with E-state index in [4.69, 9.17) is 14.2 Å². The second kappa shape index (κ2) is 22.0. The number of carboxylic acids is 1. The molecule has 1 unspecified atom stereocenters. The highest BCUT2D eigenvalue weighted by Gasteiger charge is 2.43. The molecule has 9 atom stereocenters. The minimum Gasteiger partial charge on any atom is -0.496 e. The van der Waals surface area contributed by atoms with Crippen LogP contribution >= 0.6 is 0 Å². The first-order chi connectivity index (χ1) is 25.5. The van der Waals surface area contributed by atoms with Gasteiger partial charge in [-0.15, -0.1) is 0 Å². The van der Waals surface area contributed by atoms with Gasteiger partial charge < -0.3 is 45.1 Å². The molecule has 14 nitrogen and oxygen atoms in total. The highest BCUT2D eigenvalue weighted by molar-refractivity contribution is 5.90. The molecular weight excluding hydrogens is 694 g/mol. The van der Waals surface area contributed by atoms with Crippen molar-refractivity contribution in [1.29, 1.82) is 0 Å². The van der Waals surface area contributed by atoms with E-state index in [0.29, 0.717) is 37.1 Å². The number of benzene rings is 1. The van der Waals surface area contributed by atoms with Crippen molar-refractivity contribution < 1.29 is 43.3 Å². The predicted octanol–water partition coefficient (Wildman–Crippen LogP) is 3.11. The summed E-state index contributed by atoms with van der Waals surface area (Å²) in [5, 5.41) is 18.7. The number of carbonyl (C=O) groups is 5. The number of carbonyl (C=O) groups excluding carboxylic acids is 4. The third kappa shape index (κ3) is 11.9. The molecular formula is C40H67N5O9. The number of para-hydroxylation sites is 1. The molecule has 0 radical (unpaired) electrons. The summed E-state index contributed by atoms with van der Waals surface area (Å²) in [6, 6.07) is 3.66. The van der Waals surface area contributed by atoms with Crippen molar-refractivity contribution in [3.8, 4) is 5.75 Å². The molecule has 0 aromatic heterocycles. The molecule has 14 heteroatoms. The molecule has 2 rings (SSSR count). The van der Waals surface area contributed by atoms with Crippen molar-refractivity contribution in [3.63, 3.8) is 0 Å². The number of ether oxygens (including phenoxy) is 3. The van der Waals surface area contributed by atoms with Crippen LogP contribution in [0, 0.1) is 23.7 Å². The van der Waals surface area contributed by atoms with Crippen LogP contribution in [-0.2, 0) is 39.9 Å². The van der Waals surface area contributed by atoms with Crippen LogP contribution in [0.2, 0.25) is 0 Å². The Bertz CT molecular complexity index is 1390. The van der Waals surface area contributed by atoms with Crippen molar-refractivity contribution in [1.82, 2.24) is 25.8 Å². The fourth-order valence-electron chi connectivity index (χ4n) is 7.64. The van der Waals surface area contributed by atoms with E-state index >= 15 is 0 Å². The molecule has 0 saturated carbocycles. The van der Waals surface area contributed by atoms with Gasteiger partial charge in [0.05, 0.1) is 49.8 Å². The number of carboxylic acid groups (broad SMARTS) is 1. The Balaban J connectivity index is 2.28. The zero-order valence-corrected chi connectivity index (χ0v) is 34.5. The molecule has 1 aromatic rings. The van der Waals surface area contributed by atoms with Gasteiger partial charge in [0.2, 0.25) is 23.6 Å². The molecule has 0 bridgehead atoms. The van der Waals surface area contributed by atoms with Crippen LogP contribution in [0.25, 0.3) is 0 Å². The van der Waals surface area contributed by atoms with E-state index in [1.165, 1.54) is 21.3 Å². The monoisotopic (exact) mass is 761 g/mol. The number of hydrogen-bond acceptors (Lipinski definition) is 9. The SMILES string of the molecule is CC[C@H](C)[C@@H](C(CC(=O)N1CCC[C@H]1[C@H](OC)[C@@H](C)C(=O)N[C@@H](Cc1ccccc1OC)C(=O)O)OC)N(C)C(=O)[C@@H](NC(=O)[C@@H](NC)C(C)C)C(C)C. The molecule has 1 heterocycles. The smallest absolute Gasteiger partial charge is 0.326 e. The quantitative estimate of drug-likeness (QED) is 0.137. The predicted molar refractivity (Wildman–Crippen MR) is 207 cm³/mol. The Hall–Kier alpha value is -3.75. The maximum atomic E-state index is 14.2. The summed E-state index contributed by atoms with van der Waals surface area (Å²) in [6.07, 6.45) is 0.620. The van der Waals surface area contributed by atoms with E-state index < -0.39 is 60.2 Å². The lowest BCUT2D eigenvalue weighted by Gasteiger charge is -2.41. The highest BCUT2D eigenvalue weighted by Crippen LogP contribution is 2.30. The Morgan fingerprint density at radius 1 is 0.926 bits per heavy atom. The number of aliphatic carboxylic acids is 1. The van der Waals surface area contributed by atoms with Crippen LogP contribution < -0.4 is 20.7 Å². The van der Waals surface area contributed by atoms with Gasteiger partial charge in [0.25, 0.3) is 0 Å². The average molecular weight is 762 g/mol. The summed E-state index contributed by atoms with van der Waals surface area (Å²) >= 11 is 0. The van der Waals surface area contributed by atoms with Crippen LogP contribution in [-0.4, -0.2) is 129 Å². The number of likely N-dealkylation sites (N-methyl/N-ethyl adjacent to an activating group) is 2. The lowest BCUT2D eigenvalue weighted by atomic mass is 9.89. The Kier molecular flexibility index (Phi) is 18.9. The summed E-state index contributed by atoms with van der Waals surface area (Å²) in [6.45, 7) is 13.8. The summed E-state index contributed by atoms with van der Waals surface area (Å²) in [4.78, 5) is 70.7. The number of nitrogens with one attached hydrogen (secondary N) is 3. The van der Waals surface area contributed by atoms with E-state index in [-0.39, 0.29) is 48.3 Å². The van der Waals surface area contributed by atoms with Gasteiger partial charge in [-0.25, -0.2) is 4.79 Å². The molecule has 0 aliphatic carbocycles. The minimum atomic E-state index is -1.21. The van der Waals surface area contributed by atoms with E-state index in [2.05, 4.69) is 16.0 Å². The second-order valence-electron chi connectivity index (χ2n) is 15.2. The summed E-state index contributed by atoms with van der Waals surface area (Å²) < 4.78 is 17.2. The first-order valence-corrected chi connectivity index (χ1v) is 19.2. The molecule has 1 aliphatic rings. The summed E-state index contributed by atoms with van der Waals surface area (Å²) in [7, 11) is 7.94. The van der Waals surface area contributed by atoms with Crippen molar-refractivity contribution >= 4 is 29.6 Å². The maximum absolute atomic E-state index is 14.2. The first kappa shape index (κ1) is 46.4. The van der Waals surface area contributed by atoms with Gasteiger partial charge in [-0.3, -0.25) is 19.2 Å². The highest BCUT2D eigenvalue weighted by atomic mass is 16.5. The van der Waals surface area contributed by atoms with Crippen molar-refractivity contribution in [2.45, 2.75) is 123 Å². The zero-order chi connectivity index (χ0) is 40.9. The Morgan fingerprint density at radius 2 is 1.56 bits per heavy atom. The first-order valence-electron chi connectivity index (χ1n) is 19.2. The van der Waals surface area contributed by atoms with E-state index in [9.17, 15) is 29.1 Å². The molecule has 306 valence electrons. The average Bonchev–Trinajstić information content (AvgIpc) is 3.62. The fraction of sp³-hybridized carbons (Fsp3) is 0.725. The van der Waals surface area contributed by atoms with Crippen LogP contribution in [0.3, 0.4) is 0 Å². The number of hydrogen-bond donors (Lipinski definition) is 4. The van der Waals surface area contributed by atoms with Gasteiger partial charge in [0.15, 0.2) is 0 Å². The lowest BCUT2D eigenvalue weighted by molar-refractivity contribution is -0.148. The Morgan fingerprint density at radius 3 is 2.07 bits per heavy atom. The summed E-state index contributed by atoms with van der Waals surface area (Å²) in [5.41, 5.74) is 0.644. The van der Waals surface area contributed by atoms with Crippen LogP contribution in [0.15, 0.2) is 24.3 Å². The number of methoxy groups -OCH3 is 3. The van der Waals surface area contributed by atoms with Gasteiger partial charge >= 0.3 is 5.97 Å². The number of nitrogens with zero attached hydrogens (tertiary/aromatic N) is 2. The van der Waals surface area contributed by atoms with Gasteiger partial charge in [-0.2, -0.15) is 0 Å². The Labute approximate surface area is 322 Å². The standard InChI is InChI=1S/C40H67N5O9/c1-13-25(6)35(44(9)39(49)34(24(4)5)43-38(48)33(41-8)23(2)3)31(53-11)22-32(46)45-20-16-18-29(45)36(54-12)26(7)37(47)42-28(40(50)51)21-27-17-14-15-19-30(27)52-10/h14-15,17,19,23-26,28-29,31,33-36,41H,13,16,18,20-22H2,1-12H3,(H,42,47)(H,43,48)(H,50,51)/t25-,26+,28-,29-,31?,33-,34-,35-,36+/m0/s1. The fourth-order valence-corrected chi connectivity index (χ4v) is 7.64. The van der Waals surface area contributed by atoms with Crippen molar-refractivity contribution in [2.24, 2.45) is 23.7 Å². The lowest BCUT2D eigenvalue weighted by Crippen LogP contribution is -2.59. The summed E-state index contributed by atoms with van der Waals surface area (Å²) in [5.74, 6) is -2.90. The second-order valence-corrected chi connectivity index (χ2v) is 15.2. The van der Waals surface area contributed by atoms with Gasteiger partial charge in [-0.1, -0.05) is 73.1 Å². The molecule has 1 fully saturated rings. The third-order valence-corrected chi connectivity index (χ3v) is 11.0. The molecule has 1 aromatic carbocycles. The normalized spacial score (nSPS) is 18.9. The number of rotatable bonds is 22.